The van der Waals surface area contributed by atoms with Crippen LogP contribution in [-0.4, -0.2) is 80.0 Å². The van der Waals surface area contributed by atoms with Gasteiger partial charge in [-0.2, -0.15) is 0 Å². The zero-order chi connectivity index (χ0) is 17.5. The molecule has 7 nitrogen and oxygen atoms in total. The topological polar surface area (TPSA) is 66.9 Å². The average Bonchev–Trinajstić information content (AvgIpc) is 3.18. The number of rotatable bonds is 6. The van der Waals surface area contributed by atoms with Gasteiger partial charge in [-0.1, -0.05) is 0 Å². The van der Waals surface area contributed by atoms with Crippen molar-refractivity contribution in [3.8, 4) is 0 Å². The molecule has 3 heterocycles. The van der Waals surface area contributed by atoms with Gasteiger partial charge in [0, 0.05) is 64.2 Å². The number of aromatic nitrogens is 1. The number of morpholine rings is 1. The van der Waals surface area contributed by atoms with E-state index in [1.165, 1.54) is 0 Å². The fourth-order valence-electron chi connectivity index (χ4n) is 3.52. The van der Waals surface area contributed by atoms with Gasteiger partial charge in [0.25, 0.3) is 0 Å². The van der Waals surface area contributed by atoms with Crippen LogP contribution in [0.5, 0.6) is 0 Å². The lowest BCUT2D eigenvalue weighted by Crippen LogP contribution is -2.53. The molecule has 1 aromatic rings. The number of nitrogens with zero attached hydrogens (tertiary/aromatic N) is 3. The molecule has 2 fully saturated rings. The Morgan fingerprint density at radius 1 is 1.32 bits per heavy atom. The summed E-state index contributed by atoms with van der Waals surface area (Å²) < 4.78 is 11.0. The highest BCUT2D eigenvalue weighted by molar-refractivity contribution is 5.73. The first kappa shape index (κ1) is 18.1. The van der Waals surface area contributed by atoms with Crippen molar-refractivity contribution in [2.24, 2.45) is 5.92 Å². The van der Waals surface area contributed by atoms with Gasteiger partial charge in [0.2, 0.25) is 0 Å². The second-order valence-electron chi connectivity index (χ2n) is 6.74. The number of pyridine rings is 1. The predicted octanol–water partition coefficient (Wildman–Crippen LogP) is 0.960. The third-order valence-corrected chi connectivity index (χ3v) is 5.00. The van der Waals surface area contributed by atoms with Crippen molar-refractivity contribution < 1.29 is 14.3 Å². The molecular formula is C18H28N4O3. The number of urea groups is 1. The van der Waals surface area contributed by atoms with Crippen molar-refractivity contribution >= 4 is 6.03 Å². The number of hydrogen-bond donors (Lipinski definition) is 1. The number of ether oxygens (including phenoxy) is 2. The Hall–Kier alpha value is -1.70. The van der Waals surface area contributed by atoms with Gasteiger partial charge in [-0.3, -0.25) is 9.88 Å². The second-order valence-corrected chi connectivity index (χ2v) is 6.74. The van der Waals surface area contributed by atoms with Crippen LogP contribution in [0.1, 0.15) is 12.0 Å². The summed E-state index contributed by atoms with van der Waals surface area (Å²) in [5.41, 5.74) is 1.07. The van der Waals surface area contributed by atoms with Crippen molar-refractivity contribution in [3.63, 3.8) is 0 Å². The summed E-state index contributed by atoms with van der Waals surface area (Å²) in [6.07, 6.45) is 4.55. The van der Waals surface area contributed by atoms with E-state index in [2.05, 4.69) is 15.2 Å². The van der Waals surface area contributed by atoms with Crippen LogP contribution in [0.15, 0.2) is 24.5 Å². The minimum absolute atomic E-state index is 0.0472. The maximum atomic E-state index is 12.5. The number of amides is 2. The van der Waals surface area contributed by atoms with Crippen molar-refractivity contribution in [3.05, 3.63) is 30.1 Å². The summed E-state index contributed by atoms with van der Waals surface area (Å²) in [5.74, 6) is 0.476. The average molecular weight is 348 g/mol. The third kappa shape index (κ3) is 5.14. The first-order valence-electron chi connectivity index (χ1n) is 9.01. The van der Waals surface area contributed by atoms with Crippen molar-refractivity contribution in [2.75, 3.05) is 53.1 Å². The summed E-state index contributed by atoms with van der Waals surface area (Å²) in [6.45, 7) is 6.19. The maximum Gasteiger partial charge on any atom is 0.317 e. The Labute approximate surface area is 149 Å². The quantitative estimate of drug-likeness (QED) is 0.829. The summed E-state index contributed by atoms with van der Waals surface area (Å²) in [7, 11) is 1.82. The molecule has 3 rings (SSSR count). The van der Waals surface area contributed by atoms with Gasteiger partial charge in [0.15, 0.2) is 0 Å². The lowest BCUT2D eigenvalue weighted by atomic mass is 9.97. The van der Waals surface area contributed by atoms with E-state index in [9.17, 15) is 4.79 Å². The summed E-state index contributed by atoms with van der Waals surface area (Å²) >= 11 is 0. The van der Waals surface area contributed by atoms with Gasteiger partial charge >= 0.3 is 6.03 Å². The fourth-order valence-corrected chi connectivity index (χ4v) is 3.52. The molecule has 0 spiro atoms. The van der Waals surface area contributed by atoms with Crippen molar-refractivity contribution in [1.29, 1.82) is 0 Å². The van der Waals surface area contributed by atoms with Gasteiger partial charge in [0.05, 0.1) is 19.8 Å². The highest BCUT2D eigenvalue weighted by Crippen LogP contribution is 2.21. The molecule has 25 heavy (non-hydrogen) atoms. The SMILES string of the molecule is CN(Cc1ccncc1)C(=O)NCC(C1CCOC1)N1CCOCC1. The van der Waals surface area contributed by atoms with Crippen LogP contribution < -0.4 is 5.32 Å². The van der Waals surface area contributed by atoms with E-state index >= 15 is 0 Å². The molecule has 138 valence electrons. The van der Waals surface area contributed by atoms with E-state index in [0.29, 0.717) is 25.0 Å². The molecule has 2 amide bonds. The van der Waals surface area contributed by atoms with Gasteiger partial charge in [-0.05, 0) is 24.1 Å². The molecule has 1 N–H and O–H groups in total. The van der Waals surface area contributed by atoms with Crippen molar-refractivity contribution in [1.82, 2.24) is 20.1 Å². The molecule has 2 aliphatic rings. The first-order valence-corrected chi connectivity index (χ1v) is 9.01. The van der Waals surface area contributed by atoms with Gasteiger partial charge in [-0.25, -0.2) is 4.79 Å². The van der Waals surface area contributed by atoms with Gasteiger partial charge < -0.3 is 19.7 Å². The number of carbonyl (C=O) groups is 1. The van der Waals surface area contributed by atoms with Crippen LogP contribution in [0.4, 0.5) is 4.79 Å². The smallest absolute Gasteiger partial charge is 0.317 e. The van der Waals surface area contributed by atoms with Gasteiger partial charge in [-0.15, -0.1) is 0 Å². The zero-order valence-corrected chi connectivity index (χ0v) is 14.9. The Morgan fingerprint density at radius 3 is 2.76 bits per heavy atom. The van der Waals surface area contributed by atoms with E-state index in [-0.39, 0.29) is 6.03 Å². The Kier molecular flexibility index (Phi) is 6.61. The molecule has 2 unspecified atom stereocenters. The molecule has 2 atom stereocenters. The Balaban J connectivity index is 1.53. The second kappa shape index (κ2) is 9.12. The van der Waals surface area contributed by atoms with Crippen LogP contribution in [0.2, 0.25) is 0 Å². The maximum absolute atomic E-state index is 12.5. The Bertz CT molecular complexity index is 530. The molecule has 0 bridgehead atoms. The van der Waals surface area contributed by atoms with Crippen molar-refractivity contribution in [2.45, 2.75) is 19.0 Å². The number of nitrogens with one attached hydrogen (secondary N) is 1. The largest absolute Gasteiger partial charge is 0.381 e. The predicted molar refractivity (Wildman–Crippen MR) is 94.2 cm³/mol. The molecule has 0 aromatic carbocycles. The molecule has 2 aliphatic heterocycles. The van der Waals surface area contributed by atoms with Crippen LogP contribution in [-0.2, 0) is 16.0 Å². The van der Waals surface area contributed by atoms with Crippen LogP contribution in [0.3, 0.4) is 0 Å². The lowest BCUT2D eigenvalue weighted by Gasteiger charge is -2.37. The molecule has 0 saturated carbocycles. The van der Waals surface area contributed by atoms with Crippen LogP contribution in [0.25, 0.3) is 0 Å². The highest BCUT2D eigenvalue weighted by atomic mass is 16.5. The van der Waals surface area contributed by atoms with Gasteiger partial charge in [0.1, 0.15) is 0 Å². The highest BCUT2D eigenvalue weighted by Gasteiger charge is 2.31. The fraction of sp³-hybridized carbons (Fsp3) is 0.667. The van der Waals surface area contributed by atoms with E-state index in [4.69, 9.17) is 9.47 Å². The first-order chi connectivity index (χ1) is 12.2. The molecule has 2 saturated heterocycles. The standard InChI is InChI=1S/C18H28N4O3/c1-21(13-15-2-5-19-6-3-15)18(23)20-12-17(16-4-9-25-14-16)22-7-10-24-11-8-22/h2-3,5-6,16-17H,4,7-14H2,1H3,(H,20,23). The van der Waals surface area contributed by atoms with E-state index in [1.807, 2.05) is 19.2 Å². The molecule has 0 aliphatic carbocycles. The minimum atomic E-state index is -0.0472. The number of hydrogen-bond acceptors (Lipinski definition) is 5. The summed E-state index contributed by atoms with van der Waals surface area (Å²) in [5, 5.41) is 3.11. The minimum Gasteiger partial charge on any atom is -0.381 e. The molecule has 1 aromatic heterocycles. The molecule has 0 radical (unpaired) electrons. The normalized spacial score (nSPS) is 22.5. The van der Waals surface area contributed by atoms with E-state index in [0.717, 1.165) is 51.5 Å². The lowest BCUT2D eigenvalue weighted by molar-refractivity contribution is 0.00190. The van der Waals surface area contributed by atoms with E-state index < -0.39 is 0 Å². The van der Waals surface area contributed by atoms with Crippen LogP contribution in [0, 0.1) is 5.92 Å². The monoisotopic (exact) mass is 348 g/mol. The zero-order valence-electron chi connectivity index (χ0n) is 14.9. The molecule has 7 heteroatoms. The summed E-state index contributed by atoms with van der Waals surface area (Å²) in [4.78, 5) is 20.6. The number of carbonyl (C=O) groups excluding carboxylic acids is 1. The Morgan fingerprint density at radius 2 is 2.08 bits per heavy atom. The third-order valence-electron chi connectivity index (χ3n) is 5.00. The van der Waals surface area contributed by atoms with Crippen LogP contribution >= 0.6 is 0 Å². The molecular weight excluding hydrogens is 320 g/mol. The summed E-state index contributed by atoms with van der Waals surface area (Å²) in [6, 6.07) is 4.12. The van der Waals surface area contributed by atoms with E-state index in [1.54, 1.807) is 17.3 Å².